The molecule has 0 bridgehead atoms. The van der Waals surface area contributed by atoms with E-state index in [0.717, 1.165) is 38.5 Å². The van der Waals surface area contributed by atoms with E-state index in [1.165, 1.54) is 31.3 Å². The Labute approximate surface area is 244 Å². The molecule has 0 radical (unpaired) electrons. The van der Waals surface area contributed by atoms with E-state index in [9.17, 15) is 9.90 Å². The van der Waals surface area contributed by atoms with Crippen LogP contribution in [0.15, 0.2) is 12.2 Å². The highest BCUT2D eigenvalue weighted by Gasteiger charge is 2.72. The number of allylic oxidation sites excluding steroid dienone is 1. The molecular weight excluding hydrogens is 500 g/mol. The van der Waals surface area contributed by atoms with Gasteiger partial charge in [0.05, 0.1) is 31.3 Å². The minimum Gasteiger partial charge on any atom is -0.463 e. The van der Waals surface area contributed by atoms with Crippen molar-refractivity contribution in [2.45, 2.75) is 112 Å². The Kier molecular flexibility index (Phi) is 8.14. The number of esters is 1. The third kappa shape index (κ3) is 4.29. The van der Waals surface area contributed by atoms with Gasteiger partial charge in [0.15, 0.2) is 0 Å². The first kappa shape index (κ1) is 30.5. The average molecular weight is 559 g/mol. The Hall–Kier alpha value is -0.910. The van der Waals surface area contributed by atoms with Crippen LogP contribution in [0.4, 0.5) is 0 Å². The maximum atomic E-state index is 14.0. The van der Waals surface area contributed by atoms with Crippen molar-refractivity contribution in [3.05, 3.63) is 12.2 Å². The number of hydrogen-bond donors (Lipinski definition) is 1. The zero-order chi connectivity index (χ0) is 29.1. The van der Waals surface area contributed by atoms with Gasteiger partial charge in [0.2, 0.25) is 0 Å². The number of hydrogen-bond acceptors (Lipinski definition) is 5. The molecule has 5 aliphatic rings. The molecule has 0 saturated heterocycles. The second-order valence-corrected chi connectivity index (χ2v) is 16.0. The van der Waals surface area contributed by atoms with E-state index in [-0.39, 0.29) is 39.1 Å². The van der Waals surface area contributed by atoms with Crippen molar-refractivity contribution >= 4 is 5.97 Å². The Morgan fingerprint density at radius 3 is 2.25 bits per heavy atom. The number of carbonyl (C=O) groups excluding carboxylic acids is 1. The summed E-state index contributed by atoms with van der Waals surface area (Å²) in [6, 6.07) is 0. The molecule has 5 heteroatoms. The van der Waals surface area contributed by atoms with E-state index in [1.807, 2.05) is 0 Å². The predicted molar refractivity (Wildman–Crippen MR) is 159 cm³/mol. The summed E-state index contributed by atoms with van der Waals surface area (Å²) in [6.45, 7) is 21.0. The molecule has 5 saturated carbocycles. The maximum absolute atomic E-state index is 14.0. The Bertz CT molecular complexity index is 975. The Balaban J connectivity index is 1.42. The van der Waals surface area contributed by atoms with Crippen molar-refractivity contribution in [2.75, 3.05) is 33.5 Å². The first-order valence-electron chi connectivity index (χ1n) is 16.4. The predicted octanol–water partition coefficient (Wildman–Crippen LogP) is 7.21. The van der Waals surface area contributed by atoms with Gasteiger partial charge in [0.1, 0.15) is 6.61 Å². The molecule has 40 heavy (non-hydrogen) atoms. The van der Waals surface area contributed by atoms with Gasteiger partial charge in [0.25, 0.3) is 0 Å². The fraction of sp³-hybridized carbons (Fsp3) is 0.914. The number of fused-ring (bicyclic) bond motifs is 7. The molecule has 0 amide bonds. The topological polar surface area (TPSA) is 65.0 Å². The van der Waals surface area contributed by atoms with Gasteiger partial charge in [-0.3, -0.25) is 4.79 Å². The van der Waals surface area contributed by atoms with Crippen LogP contribution in [0.2, 0.25) is 0 Å². The summed E-state index contributed by atoms with van der Waals surface area (Å²) in [5.74, 6) is 2.48. The van der Waals surface area contributed by atoms with Gasteiger partial charge in [-0.1, -0.05) is 46.8 Å². The van der Waals surface area contributed by atoms with Gasteiger partial charge in [-0.2, -0.15) is 0 Å². The molecule has 5 fully saturated rings. The van der Waals surface area contributed by atoms with Crippen LogP contribution in [0, 0.1) is 56.7 Å². The third-order valence-corrected chi connectivity index (χ3v) is 14.3. The smallest absolute Gasteiger partial charge is 0.312 e. The highest BCUT2D eigenvalue weighted by molar-refractivity contribution is 5.78. The van der Waals surface area contributed by atoms with Gasteiger partial charge in [-0.25, -0.2) is 0 Å². The van der Waals surface area contributed by atoms with Crippen molar-refractivity contribution in [2.24, 2.45) is 56.7 Å². The molecule has 5 aliphatic carbocycles. The highest BCUT2D eigenvalue weighted by Crippen LogP contribution is 2.77. The fourth-order valence-electron chi connectivity index (χ4n) is 12.1. The second-order valence-electron chi connectivity index (χ2n) is 16.0. The summed E-state index contributed by atoms with van der Waals surface area (Å²) in [6.07, 6.45) is 10.8. The lowest BCUT2D eigenvalue weighted by atomic mass is 9.32. The second kappa shape index (κ2) is 10.7. The third-order valence-electron chi connectivity index (χ3n) is 14.3. The fourth-order valence-corrected chi connectivity index (χ4v) is 12.1. The maximum Gasteiger partial charge on any atom is 0.312 e. The van der Waals surface area contributed by atoms with Crippen LogP contribution in [-0.2, 0) is 19.0 Å². The molecule has 0 aromatic carbocycles. The lowest BCUT2D eigenvalue weighted by Crippen LogP contribution is -2.67. The van der Waals surface area contributed by atoms with E-state index in [0.29, 0.717) is 56.0 Å². The van der Waals surface area contributed by atoms with Crippen LogP contribution in [0.25, 0.3) is 0 Å². The first-order valence-corrected chi connectivity index (χ1v) is 16.4. The van der Waals surface area contributed by atoms with Crippen LogP contribution in [0.5, 0.6) is 0 Å². The van der Waals surface area contributed by atoms with Crippen molar-refractivity contribution in [3.8, 4) is 0 Å². The van der Waals surface area contributed by atoms with Crippen molar-refractivity contribution in [1.82, 2.24) is 0 Å². The zero-order valence-electron chi connectivity index (χ0n) is 26.7. The van der Waals surface area contributed by atoms with Gasteiger partial charge in [0, 0.05) is 7.11 Å². The SMILES string of the molecule is C=C(C)[C@@H]1CC[C@]2(C(=O)OCCOCCOC)CC[C@]3(C)[C@H](CC[C@@H]4[C@@]5(C)CC[C@H](O)C(C)(C)[C@@H]5CC[C@]43C)[C@@H]12. The lowest BCUT2D eigenvalue weighted by molar-refractivity contribution is -0.248. The summed E-state index contributed by atoms with van der Waals surface area (Å²) in [5.41, 5.74) is 1.54. The quantitative estimate of drug-likeness (QED) is 0.194. The van der Waals surface area contributed by atoms with Gasteiger partial charge in [-0.05, 0) is 122 Å². The van der Waals surface area contributed by atoms with Crippen LogP contribution >= 0.6 is 0 Å². The number of ether oxygens (including phenoxy) is 3. The van der Waals surface area contributed by atoms with Crippen LogP contribution < -0.4 is 0 Å². The van der Waals surface area contributed by atoms with Crippen molar-refractivity contribution < 1.29 is 24.1 Å². The Morgan fingerprint density at radius 1 is 0.825 bits per heavy atom. The monoisotopic (exact) mass is 558 g/mol. The Morgan fingerprint density at radius 2 is 1.55 bits per heavy atom. The normalized spacial score (nSPS) is 47.4. The van der Waals surface area contributed by atoms with Crippen molar-refractivity contribution in [3.63, 3.8) is 0 Å². The van der Waals surface area contributed by atoms with Gasteiger partial charge in [-0.15, -0.1) is 0 Å². The van der Waals surface area contributed by atoms with E-state index >= 15 is 0 Å². The van der Waals surface area contributed by atoms with Crippen LogP contribution in [0.3, 0.4) is 0 Å². The lowest BCUT2D eigenvalue weighted by Gasteiger charge is -2.72. The van der Waals surface area contributed by atoms with E-state index < -0.39 is 0 Å². The van der Waals surface area contributed by atoms with Crippen LogP contribution in [-0.4, -0.2) is 50.7 Å². The molecule has 0 aromatic heterocycles. The summed E-state index contributed by atoms with van der Waals surface area (Å²) >= 11 is 0. The van der Waals surface area contributed by atoms with E-state index in [1.54, 1.807) is 7.11 Å². The molecule has 0 spiro atoms. The first-order chi connectivity index (χ1) is 18.8. The summed E-state index contributed by atoms with van der Waals surface area (Å²) in [5, 5.41) is 11.0. The highest BCUT2D eigenvalue weighted by atomic mass is 16.6. The molecule has 0 aromatic rings. The number of rotatable bonds is 8. The minimum atomic E-state index is -0.387. The van der Waals surface area contributed by atoms with Gasteiger partial charge >= 0.3 is 5.97 Å². The zero-order valence-corrected chi connectivity index (χ0v) is 26.7. The van der Waals surface area contributed by atoms with Crippen molar-refractivity contribution in [1.29, 1.82) is 0 Å². The summed E-state index contributed by atoms with van der Waals surface area (Å²) < 4.78 is 16.7. The average Bonchev–Trinajstić information content (AvgIpc) is 3.30. The molecule has 228 valence electrons. The molecular formula is C35H58O5. The molecule has 10 atom stereocenters. The minimum absolute atomic E-state index is 0.0182. The number of methoxy groups -OCH3 is 1. The van der Waals surface area contributed by atoms with Crippen LogP contribution in [0.1, 0.15) is 106 Å². The van der Waals surface area contributed by atoms with Gasteiger partial charge < -0.3 is 19.3 Å². The number of aliphatic hydroxyl groups is 1. The van der Waals surface area contributed by atoms with E-state index in [2.05, 4.69) is 48.1 Å². The molecule has 5 nitrogen and oxygen atoms in total. The molecule has 0 aliphatic heterocycles. The molecule has 0 unspecified atom stereocenters. The molecule has 5 rings (SSSR count). The van der Waals surface area contributed by atoms with E-state index in [4.69, 9.17) is 14.2 Å². The summed E-state index contributed by atoms with van der Waals surface area (Å²) in [4.78, 5) is 14.0. The largest absolute Gasteiger partial charge is 0.463 e. The standard InChI is InChI=1S/C35H58O5/c1-23(2)24-11-16-35(30(37)40-22-21-39-20-19-38-8)18-17-33(6)25(29(24)35)9-10-27-32(5)14-13-28(36)31(3,4)26(32)12-15-34(27,33)7/h24-29,36H,1,9-22H2,2-8H3/t24-,25+,26-,27+,28-,29+,32-,33+,34+,35-/m0/s1. The summed E-state index contributed by atoms with van der Waals surface area (Å²) in [7, 11) is 1.66. The number of aliphatic hydroxyl groups excluding tert-OH is 1. The molecule has 0 heterocycles. The molecule has 1 N–H and O–H groups in total. The number of carbonyl (C=O) groups is 1.